The van der Waals surface area contributed by atoms with E-state index in [-0.39, 0.29) is 6.10 Å². The van der Waals surface area contributed by atoms with Gasteiger partial charge >= 0.3 is 0 Å². The summed E-state index contributed by atoms with van der Waals surface area (Å²) in [7, 11) is 0. The third kappa shape index (κ3) is 2.70. The van der Waals surface area contributed by atoms with Crippen molar-refractivity contribution < 1.29 is 9.53 Å². The van der Waals surface area contributed by atoms with Gasteiger partial charge in [0.25, 0.3) is 5.91 Å². The first-order valence-electron chi connectivity index (χ1n) is 5.41. The number of aromatic nitrogens is 1. The van der Waals surface area contributed by atoms with Crippen molar-refractivity contribution in [3.63, 3.8) is 0 Å². The highest BCUT2D eigenvalue weighted by Crippen LogP contribution is 2.32. The topological polar surface area (TPSA) is 91.2 Å². The molecule has 0 radical (unpaired) electrons. The highest BCUT2D eigenvalue weighted by molar-refractivity contribution is 7.99. The molecule has 1 aliphatic rings. The Balaban J connectivity index is 2.16. The summed E-state index contributed by atoms with van der Waals surface area (Å²) >= 11 is 1.60. The highest BCUT2D eigenvalue weighted by atomic mass is 32.2. The third-order valence-corrected chi connectivity index (χ3v) is 4.14. The van der Waals surface area contributed by atoms with Crippen LogP contribution in [-0.2, 0) is 4.74 Å². The number of hydrogen-bond donors (Lipinski definition) is 2. The van der Waals surface area contributed by atoms with E-state index in [1.54, 1.807) is 17.8 Å². The summed E-state index contributed by atoms with van der Waals surface area (Å²) in [5.41, 5.74) is 11.5. The predicted octanol–water partition coefficient (Wildman–Crippen LogP) is 1.03. The van der Waals surface area contributed by atoms with Gasteiger partial charge in [-0.05, 0) is 19.4 Å². The number of nitrogens with two attached hydrogens (primary N) is 2. The number of pyridine rings is 1. The Bertz CT molecular complexity index is 439. The number of rotatable bonds is 3. The molecule has 1 fully saturated rings. The van der Waals surface area contributed by atoms with Gasteiger partial charge in [-0.1, -0.05) is 0 Å². The first kappa shape index (κ1) is 12.2. The van der Waals surface area contributed by atoms with Gasteiger partial charge in [0.05, 0.1) is 28.6 Å². The number of carbonyl (C=O) groups is 1. The zero-order valence-electron chi connectivity index (χ0n) is 9.55. The molecule has 2 unspecified atom stereocenters. The van der Waals surface area contributed by atoms with Crippen LogP contribution in [0.3, 0.4) is 0 Å². The van der Waals surface area contributed by atoms with Gasteiger partial charge < -0.3 is 16.2 Å². The van der Waals surface area contributed by atoms with E-state index in [4.69, 9.17) is 16.2 Å². The average molecular weight is 253 g/mol. The second kappa shape index (κ2) is 4.93. The normalized spacial score (nSPS) is 23.8. The molecule has 1 aromatic rings. The second-order valence-electron chi connectivity index (χ2n) is 3.99. The Hall–Kier alpha value is -1.27. The quantitative estimate of drug-likeness (QED) is 0.839. The van der Waals surface area contributed by atoms with E-state index in [9.17, 15) is 4.79 Å². The lowest BCUT2D eigenvalue weighted by atomic mass is 10.2. The molecule has 4 N–H and O–H groups in total. The minimum atomic E-state index is -0.525. The summed E-state index contributed by atoms with van der Waals surface area (Å²) in [5, 5.41) is 1.13. The molecular formula is C11H15N3O2S. The monoisotopic (exact) mass is 253 g/mol. The van der Waals surface area contributed by atoms with Crippen molar-refractivity contribution in [2.24, 2.45) is 5.73 Å². The number of primary amides is 1. The van der Waals surface area contributed by atoms with Gasteiger partial charge in [-0.3, -0.25) is 4.79 Å². The van der Waals surface area contributed by atoms with Crippen LogP contribution in [0.5, 0.6) is 0 Å². The van der Waals surface area contributed by atoms with E-state index >= 15 is 0 Å². The minimum Gasteiger partial charge on any atom is -0.397 e. The molecule has 0 spiro atoms. The largest absolute Gasteiger partial charge is 0.397 e. The van der Waals surface area contributed by atoms with Crippen LogP contribution in [0.2, 0.25) is 0 Å². The maximum absolute atomic E-state index is 11.2. The number of amides is 1. The molecule has 0 aromatic carbocycles. The van der Waals surface area contributed by atoms with Crippen LogP contribution in [0.15, 0.2) is 17.3 Å². The van der Waals surface area contributed by atoms with E-state index in [0.29, 0.717) is 16.5 Å². The van der Waals surface area contributed by atoms with E-state index in [1.807, 2.05) is 6.92 Å². The Morgan fingerprint density at radius 1 is 1.65 bits per heavy atom. The molecule has 1 saturated heterocycles. The molecule has 2 atom stereocenters. The fourth-order valence-electron chi connectivity index (χ4n) is 1.75. The second-order valence-corrected chi connectivity index (χ2v) is 5.25. The van der Waals surface area contributed by atoms with E-state index in [2.05, 4.69) is 4.98 Å². The van der Waals surface area contributed by atoms with Crippen molar-refractivity contribution in [3.8, 4) is 0 Å². The van der Waals surface area contributed by atoms with Gasteiger partial charge in [-0.2, -0.15) is 0 Å². The lowest BCUT2D eigenvalue weighted by Gasteiger charge is -2.13. The average Bonchev–Trinajstić information content (AvgIpc) is 2.67. The number of nitrogens with zero attached hydrogens (tertiary/aromatic N) is 1. The van der Waals surface area contributed by atoms with Crippen molar-refractivity contribution in [1.29, 1.82) is 0 Å². The Labute approximate surface area is 104 Å². The van der Waals surface area contributed by atoms with Crippen molar-refractivity contribution >= 4 is 23.4 Å². The number of ether oxygens (including phenoxy) is 1. The Morgan fingerprint density at radius 2 is 2.41 bits per heavy atom. The molecule has 5 nitrogen and oxygen atoms in total. The predicted molar refractivity (Wildman–Crippen MR) is 66.8 cm³/mol. The van der Waals surface area contributed by atoms with Crippen LogP contribution in [0.25, 0.3) is 0 Å². The number of nitrogen functional groups attached to an aromatic ring is 1. The van der Waals surface area contributed by atoms with Crippen LogP contribution >= 0.6 is 11.8 Å². The van der Waals surface area contributed by atoms with Crippen molar-refractivity contribution in [2.45, 2.75) is 29.7 Å². The van der Waals surface area contributed by atoms with Gasteiger partial charge in [0.15, 0.2) is 0 Å². The molecule has 0 aliphatic carbocycles. The molecule has 0 bridgehead atoms. The number of hydrogen-bond acceptors (Lipinski definition) is 5. The third-order valence-electron chi connectivity index (χ3n) is 2.75. The summed E-state index contributed by atoms with van der Waals surface area (Å²) in [6.07, 6.45) is 2.67. The smallest absolute Gasteiger partial charge is 0.250 e. The standard InChI is InChI=1S/C11H15N3O2S/c1-6-9(2-3-16-6)17-10-4-7(11(13)15)8(12)5-14-10/h4-6,9H,2-3,12H2,1H3,(H2,13,15). The maximum atomic E-state index is 11.2. The maximum Gasteiger partial charge on any atom is 0.250 e. The summed E-state index contributed by atoms with van der Waals surface area (Å²) in [4.78, 5) is 15.3. The van der Waals surface area contributed by atoms with Crippen LogP contribution in [0, 0.1) is 0 Å². The van der Waals surface area contributed by atoms with Crippen molar-refractivity contribution in [1.82, 2.24) is 4.98 Å². The van der Waals surface area contributed by atoms with Crippen molar-refractivity contribution in [2.75, 3.05) is 12.3 Å². The number of carbonyl (C=O) groups excluding carboxylic acids is 1. The van der Waals surface area contributed by atoms with Gasteiger partial charge in [0, 0.05) is 11.9 Å². The van der Waals surface area contributed by atoms with Crippen LogP contribution in [0.4, 0.5) is 5.69 Å². The van der Waals surface area contributed by atoms with E-state index < -0.39 is 5.91 Å². The zero-order chi connectivity index (χ0) is 12.4. The molecule has 1 aliphatic heterocycles. The summed E-state index contributed by atoms with van der Waals surface area (Å²) in [6, 6.07) is 1.65. The summed E-state index contributed by atoms with van der Waals surface area (Å²) in [6.45, 7) is 2.81. The van der Waals surface area contributed by atoms with Gasteiger partial charge in [-0.15, -0.1) is 11.8 Å². The molecule has 2 heterocycles. The van der Waals surface area contributed by atoms with Crippen LogP contribution in [0.1, 0.15) is 23.7 Å². The van der Waals surface area contributed by atoms with Gasteiger partial charge in [0.1, 0.15) is 0 Å². The lowest BCUT2D eigenvalue weighted by Crippen LogP contribution is -2.15. The van der Waals surface area contributed by atoms with Gasteiger partial charge in [-0.25, -0.2) is 4.98 Å². The minimum absolute atomic E-state index is 0.205. The summed E-state index contributed by atoms with van der Waals surface area (Å²) < 4.78 is 5.47. The first-order valence-corrected chi connectivity index (χ1v) is 6.29. The Kier molecular flexibility index (Phi) is 3.54. The van der Waals surface area contributed by atoms with E-state index in [1.165, 1.54) is 6.20 Å². The first-order chi connectivity index (χ1) is 8.08. The summed E-state index contributed by atoms with van der Waals surface area (Å²) in [5.74, 6) is -0.525. The van der Waals surface area contributed by atoms with Crippen LogP contribution in [-0.4, -0.2) is 28.9 Å². The molecule has 6 heteroatoms. The fourth-order valence-corrected chi connectivity index (χ4v) is 2.84. The van der Waals surface area contributed by atoms with Gasteiger partial charge in [0.2, 0.25) is 0 Å². The number of anilines is 1. The zero-order valence-corrected chi connectivity index (χ0v) is 10.4. The molecule has 0 saturated carbocycles. The molecule has 2 rings (SSSR count). The van der Waals surface area contributed by atoms with Crippen molar-refractivity contribution in [3.05, 3.63) is 17.8 Å². The van der Waals surface area contributed by atoms with E-state index in [0.717, 1.165) is 18.1 Å². The lowest BCUT2D eigenvalue weighted by molar-refractivity contribution is 0.100. The molecule has 17 heavy (non-hydrogen) atoms. The molecule has 1 aromatic heterocycles. The SMILES string of the molecule is CC1OCCC1Sc1cc(C(N)=O)c(N)cn1. The Morgan fingerprint density at radius 3 is 3.00 bits per heavy atom. The highest BCUT2D eigenvalue weighted by Gasteiger charge is 2.25. The fraction of sp³-hybridized carbons (Fsp3) is 0.455. The molecule has 1 amide bonds. The molecular weight excluding hydrogens is 238 g/mol. The van der Waals surface area contributed by atoms with Crippen LogP contribution < -0.4 is 11.5 Å². The number of thioether (sulfide) groups is 1. The molecule has 92 valence electrons.